The van der Waals surface area contributed by atoms with Crippen molar-refractivity contribution < 1.29 is 23.4 Å². The summed E-state index contributed by atoms with van der Waals surface area (Å²) in [5.41, 5.74) is 1.32. The molecule has 1 amide bonds. The third-order valence-corrected chi connectivity index (χ3v) is 7.78. The number of aromatic nitrogens is 2. The number of hydrogen-bond donors (Lipinski definition) is 1. The molecule has 1 N–H and O–H groups in total. The molecular weight excluding hydrogens is 573 g/mol. The van der Waals surface area contributed by atoms with Crippen LogP contribution in [-0.4, -0.2) is 60.9 Å². The molecule has 244 valence electrons. The number of hydrogen-bond acceptors (Lipinski definition) is 8. The molecule has 45 heavy (non-hydrogen) atoms. The molecule has 4 rings (SSSR count). The Morgan fingerprint density at radius 2 is 1.87 bits per heavy atom. The first kappa shape index (κ1) is 34.0. The Kier molecular flexibility index (Phi) is 13.7. The summed E-state index contributed by atoms with van der Waals surface area (Å²) in [4.78, 5) is 26.1. The summed E-state index contributed by atoms with van der Waals surface area (Å²) in [6.45, 7) is 8.66. The predicted octanol–water partition coefficient (Wildman–Crippen LogP) is 7.98. The molecule has 0 atom stereocenters. The molecule has 0 aliphatic carbocycles. The minimum Gasteiger partial charge on any atom is -0.497 e. The summed E-state index contributed by atoms with van der Waals surface area (Å²) in [7, 11) is 1.60. The monoisotopic (exact) mass is 621 g/mol. The highest BCUT2D eigenvalue weighted by atomic mass is 19.1. The maximum Gasteiger partial charge on any atom is 0.415 e. The van der Waals surface area contributed by atoms with Crippen molar-refractivity contribution >= 4 is 23.5 Å². The van der Waals surface area contributed by atoms with Crippen LogP contribution in [0.15, 0.2) is 54.7 Å². The number of nitrogens with zero attached hydrogens (tertiary/aromatic N) is 4. The molecule has 1 aliphatic rings. The van der Waals surface area contributed by atoms with E-state index in [1.165, 1.54) is 30.2 Å². The second-order valence-electron chi connectivity index (χ2n) is 11.9. The van der Waals surface area contributed by atoms with E-state index < -0.39 is 11.9 Å². The summed E-state index contributed by atoms with van der Waals surface area (Å²) in [6, 6.07) is 13.8. The van der Waals surface area contributed by atoms with Gasteiger partial charge in [-0.25, -0.2) is 14.2 Å². The number of amides is 1. The number of carbonyl (C=O) groups is 1. The van der Waals surface area contributed by atoms with Crippen LogP contribution < -0.4 is 19.7 Å². The molecule has 0 bridgehead atoms. The Labute approximate surface area is 267 Å². The second kappa shape index (κ2) is 18.1. The van der Waals surface area contributed by atoms with Gasteiger partial charge in [0.25, 0.3) is 0 Å². The Balaban J connectivity index is 1.38. The van der Waals surface area contributed by atoms with E-state index in [9.17, 15) is 9.18 Å². The first-order valence-corrected chi connectivity index (χ1v) is 16.2. The molecule has 10 heteroatoms. The molecule has 2 heterocycles. The van der Waals surface area contributed by atoms with Gasteiger partial charge in [-0.15, -0.1) is 0 Å². The zero-order chi connectivity index (χ0) is 31.9. The minimum absolute atomic E-state index is 0.213. The summed E-state index contributed by atoms with van der Waals surface area (Å²) in [5, 5.41) is 3.05. The van der Waals surface area contributed by atoms with Gasteiger partial charge in [0.2, 0.25) is 5.95 Å². The number of nitrogens with one attached hydrogen (secondary N) is 1. The second-order valence-corrected chi connectivity index (χ2v) is 11.9. The number of likely N-dealkylation sites (tertiary alicyclic amines) is 1. The third kappa shape index (κ3) is 11.5. The highest BCUT2D eigenvalue weighted by Gasteiger charge is 2.21. The average Bonchev–Trinajstić information content (AvgIpc) is 3.05. The number of rotatable bonds is 17. The molecule has 1 saturated heterocycles. The van der Waals surface area contributed by atoms with Crippen LogP contribution in [0.4, 0.5) is 26.6 Å². The van der Waals surface area contributed by atoms with Gasteiger partial charge in [-0.3, -0.25) is 4.90 Å². The fourth-order valence-corrected chi connectivity index (χ4v) is 5.30. The summed E-state index contributed by atoms with van der Waals surface area (Å²) in [6.07, 6.45) is 9.78. The first-order valence-electron chi connectivity index (χ1n) is 16.2. The van der Waals surface area contributed by atoms with Gasteiger partial charge in [0.15, 0.2) is 11.6 Å². The molecular formula is C35H48FN5O4. The van der Waals surface area contributed by atoms with Gasteiger partial charge in [-0.1, -0.05) is 51.7 Å². The molecule has 1 fully saturated rings. The van der Waals surface area contributed by atoms with Crippen LogP contribution in [-0.2, 0) is 11.3 Å². The maximum absolute atomic E-state index is 14.9. The standard InChI is InChI=1S/C35H48FN5O4/c1-27(2)12-6-4-9-22-45-35(42)41(26-28-13-10-14-30(24-28)43-3)33-17-18-37-34(39-33)38-29-15-16-32(31(36)25-29)44-23-11-21-40-19-7-5-8-20-40/h10,13-18,24-25,27H,4-9,11-12,19-23,26H2,1-3H3,(H,37,38,39). The smallest absolute Gasteiger partial charge is 0.415 e. The highest BCUT2D eigenvalue weighted by Crippen LogP contribution is 2.25. The topological polar surface area (TPSA) is 89.0 Å². The Morgan fingerprint density at radius 3 is 2.64 bits per heavy atom. The fourth-order valence-electron chi connectivity index (χ4n) is 5.30. The highest BCUT2D eigenvalue weighted by molar-refractivity contribution is 5.86. The number of halogens is 1. The van der Waals surface area contributed by atoms with E-state index in [2.05, 4.69) is 34.0 Å². The van der Waals surface area contributed by atoms with Crippen molar-refractivity contribution in [1.82, 2.24) is 14.9 Å². The molecule has 3 aromatic rings. The number of carbonyl (C=O) groups excluding carboxylic acids is 1. The lowest BCUT2D eigenvalue weighted by Crippen LogP contribution is -2.32. The van der Waals surface area contributed by atoms with Crippen LogP contribution in [0.1, 0.15) is 70.8 Å². The lowest BCUT2D eigenvalue weighted by Gasteiger charge is -2.26. The van der Waals surface area contributed by atoms with E-state index in [1.54, 1.807) is 31.5 Å². The van der Waals surface area contributed by atoms with Crippen LogP contribution in [0.5, 0.6) is 11.5 Å². The van der Waals surface area contributed by atoms with Crippen molar-refractivity contribution in [2.45, 2.75) is 71.8 Å². The quantitative estimate of drug-likeness (QED) is 0.152. The number of ether oxygens (including phenoxy) is 3. The normalized spacial score (nSPS) is 13.4. The van der Waals surface area contributed by atoms with Crippen LogP contribution in [0.25, 0.3) is 0 Å². The van der Waals surface area contributed by atoms with E-state index >= 15 is 0 Å². The fraction of sp³-hybridized carbons (Fsp3) is 0.514. The Bertz CT molecular complexity index is 1330. The number of piperidine rings is 1. The number of methoxy groups -OCH3 is 1. The molecule has 0 saturated carbocycles. The molecule has 0 radical (unpaired) electrons. The van der Waals surface area contributed by atoms with Crippen molar-refractivity contribution in [1.29, 1.82) is 0 Å². The van der Waals surface area contributed by atoms with E-state index in [0.717, 1.165) is 57.3 Å². The van der Waals surface area contributed by atoms with Gasteiger partial charge in [0.05, 0.1) is 26.9 Å². The molecule has 0 unspecified atom stereocenters. The SMILES string of the molecule is COc1cccc(CN(C(=O)OCCCCCC(C)C)c2ccnc(Nc3ccc(OCCCN4CCCCC4)c(F)c3)n2)c1. The maximum atomic E-state index is 14.9. The summed E-state index contributed by atoms with van der Waals surface area (Å²) >= 11 is 0. The Hall–Kier alpha value is -3.92. The largest absolute Gasteiger partial charge is 0.497 e. The van der Waals surface area contributed by atoms with Gasteiger partial charge < -0.3 is 24.4 Å². The summed E-state index contributed by atoms with van der Waals surface area (Å²) in [5.74, 6) is 1.67. The van der Waals surface area contributed by atoms with Gasteiger partial charge >= 0.3 is 6.09 Å². The van der Waals surface area contributed by atoms with E-state index in [4.69, 9.17) is 14.2 Å². The summed E-state index contributed by atoms with van der Waals surface area (Å²) < 4.78 is 31.6. The number of anilines is 3. The molecule has 0 spiro atoms. The zero-order valence-corrected chi connectivity index (χ0v) is 27.0. The number of unbranched alkanes of at least 4 members (excludes halogenated alkanes) is 2. The Morgan fingerprint density at radius 1 is 1.02 bits per heavy atom. The molecule has 1 aliphatic heterocycles. The van der Waals surface area contributed by atoms with Crippen LogP contribution in [0.3, 0.4) is 0 Å². The molecule has 1 aromatic heterocycles. The minimum atomic E-state index is -0.501. The zero-order valence-electron chi connectivity index (χ0n) is 27.0. The van der Waals surface area contributed by atoms with Gasteiger partial charge in [0.1, 0.15) is 11.6 Å². The van der Waals surface area contributed by atoms with Gasteiger partial charge in [0, 0.05) is 24.5 Å². The van der Waals surface area contributed by atoms with Gasteiger partial charge in [-0.05, 0) is 80.6 Å². The van der Waals surface area contributed by atoms with Crippen molar-refractivity contribution in [3.63, 3.8) is 0 Å². The van der Waals surface area contributed by atoms with Crippen LogP contribution in [0, 0.1) is 11.7 Å². The van der Waals surface area contributed by atoms with E-state index in [1.807, 2.05) is 24.3 Å². The average molecular weight is 622 g/mol. The molecule has 9 nitrogen and oxygen atoms in total. The van der Waals surface area contributed by atoms with Crippen LogP contribution in [0.2, 0.25) is 0 Å². The van der Waals surface area contributed by atoms with Crippen LogP contribution >= 0.6 is 0 Å². The van der Waals surface area contributed by atoms with Crippen molar-refractivity contribution in [3.05, 3.63) is 66.1 Å². The van der Waals surface area contributed by atoms with E-state index in [-0.39, 0.29) is 18.2 Å². The van der Waals surface area contributed by atoms with Crippen molar-refractivity contribution in [2.24, 2.45) is 5.92 Å². The lowest BCUT2D eigenvalue weighted by molar-refractivity contribution is 0.150. The number of benzene rings is 2. The predicted molar refractivity (Wildman–Crippen MR) is 176 cm³/mol. The lowest BCUT2D eigenvalue weighted by atomic mass is 10.1. The van der Waals surface area contributed by atoms with E-state index in [0.29, 0.717) is 36.4 Å². The van der Waals surface area contributed by atoms with Crippen molar-refractivity contribution in [2.75, 3.05) is 50.2 Å². The third-order valence-electron chi connectivity index (χ3n) is 7.78. The first-order chi connectivity index (χ1) is 21.9. The van der Waals surface area contributed by atoms with Crippen molar-refractivity contribution in [3.8, 4) is 11.5 Å². The molecule has 2 aromatic carbocycles. The van der Waals surface area contributed by atoms with Gasteiger partial charge in [-0.2, -0.15) is 4.98 Å².